The van der Waals surface area contributed by atoms with E-state index < -0.39 is 5.97 Å². The Morgan fingerprint density at radius 1 is 1.35 bits per heavy atom. The molecule has 0 aliphatic heterocycles. The number of hydrogen-bond donors (Lipinski definition) is 2. The normalized spacial score (nSPS) is 10.5. The van der Waals surface area contributed by atoms with E-state index in [4.69, 9.17) is 10.5 Å². The maximum atomic E-state index is 10.5. The maximum absolute atomic E-state index is 10.5. The van der Waals surface area contributed by atoms with Crippen LogP contribution in [0.1, 0.15) is 24.5 Å². The highest BCUT2D eigenvalue weighted by atomic mass is 16.4. The molecule has 0 aliphatic rings. The van der Waals surface area contributed by atoms with E-state index in [1.54, 1.807) is 11.9 Å². The number of nitrogens with zero attached hydrogens (tertiary/aromatic N) is 1. The molecule has 0 radical (unpaired) electrons. The van der Waals surface area contributed by atoms with E-state index in [2.05, 4.69) is 0 Å². The van der Waals surface area contributed by atoms with Gasteiger partial charge in [0.2, 0.25) is 0 Å². The second kappa shape index (κ2) is 6.15. The summed E-state index contributed by atoms with van der Waals surface area (Å²) in [5.74, 6) is -0.822. The van der Waals surface area contributed by atoms with Gasteiger partial charge >= 0.3 is 5.97 Å². The van der Waals surface area contributed by atoms with Gasteiger partial charge < -0.3 is 10.5 Å². The predicted octanol–water partition coefficient (Wildman–Crippen LogP) is 1.98. The van der Waals surface area contributed by atoms with Gasteiger partial charge in [-0.15, -0.1) is 0 Å². The van der Waals surface area contributed by atoms with E-state index in [0.29, 0.717) is 12.3 Å². The molecule has 4 nitrogen and oxygen atoms in total. The molecule has 1 aromatic carbocycles. The second-order valence-electron chi connectivity index (χ2n) is 4.10. The Bertz CT molecular complexity index is 398. The van der Waals surface area contributed by atoms with Crippen molar-refractivity contribution >= 4 is 11.7 Å². The number of carbonyl (C=O) groups is 1. The molecule has 0 aromatic heterocycles. The van der Waals surface area contributed by atoms with Crippen molar-refractivity contribution in [1.82, 2.24) is 4.90 Å². The average Bonchev–Trinajstić information content (AvgIpc) is 2.28. The van der Waals surface area contributed by atoms with Crippen molar-refractivity contribution in [3.05, 3.63) is 35.4 Å². The van der Waals surface area contributed by atoms with Crippen LogP contribution in [0.25, 0.3) is 0 Å². The standard InChI is InChI=1S/C13H18N2O2/c1-3-12(14)11-6-4-10(5-7-11)8-15(2)9-13(16)17/h4-7,14H,3,8-9H2,1-2H3,(H,16,17). The molecule has 1 rings (SSSR count). The largest absolute Gasteiger partial charge is 0.480 e. The van der Waals surface area contributed by atoms with Gasteiger partial charge in [0.05, 0.1) is 6.54 Å². The number of likely N-dealkylation sites (N-methyl/N-ethyl adjacent to an activating group) is 1. The van der Waals surface area contributed by atoms with Crippen LogP contribution in [0.15, 0.2) is 24.3 Å². The average molecular weight is 234 g/mol. The van der Waals surface area contributed by atoms with Crippen molar-refractivity contribution in [3.8, 4) is 0 Å². The fraction of sp³-hybridized carbons (Fsp3) is 0.385. The molecule has 0 spiro atoms. The minimum absolute atomic E-state index is 0.0343. The molecule has 4 heteroatoms. The quantitative estimate of drug-likeness (QED) is 0.740. The Morgan fingerprint density at radius 3 is 2.41 bits per heavy atom. The van der Waals surface area contributed by atoms with Crippen LogP contribution in [-0.4, -0.2) is 35.3 Å². The van der Waals surface area contributed by atoms with E-state index in [1.165, 1.54) is 0 Å². The zero-order chi connectivity index (χ0) is 12.8. The Hall–Kier alpha value is -1.68. The Balaban J connectivity index is 2.62. The predicted molar refractivity (Wildman–Crippen MR) is 67.5 cm³/mol. The first-order valence-corrected chi connectivity index (χ1v) is 5.60. The lowest BCUT2D eigenvalue weighted by molar-refractivity contribution is -0.138. The smallest absolute Gasteiger partial charge is 0.317 e. The Morgan fingerprint density at radius 2 is 1.94 bits per heavy atom. The third-order valence-corrected chi connectivity index (χ3v) is 2.51. The van der Waals surface area contributed by atoms with Gasteiger partial charge in [0, 0.05) is 12.3 Å². The lowest BCUT2D eigenvalue weighted by atomic mass is 10.1. The van der Waals surface area contributed by atoms with Gasteiger partial charge in [-0.2, -0.15) is 0 Å². The van der Waals surface area contributed by atoms with Crippen molar-refractivity contribution in [2.24, 2.45) is 0 Å². The van der Waals surface area contributed by atoms with Crippen molar-refractivity contribution in [1.29, 1.82) is 5.41 Å². The SMILES string of the molecule is CCC(=N)c1ccc(CN(C)CC(=O)O)cc1. The van der Waals surface area contributed by atoms with Gasteiger partial charge in [0.15, 0.2) is 0 Å². The molecule has 0 amide bonds. The Labute approximate surface area is 101 Å². The van der Waals surface area contributed by atoms with Crippen LogP contribution in [-0.2, 0) is 11.3 Å². The van der Waals surface area contributed by atoms with Crippen LogP contribution in [0.3, 0.4) is 0 Å². The molecule has 0 unspecified atom stereocenters. The molecule has 0 fully saturated rings. The lowest BCUT2D eigenvalue weighted by Crippen LogP contribution is -2.25. The van der Waals surface area contributed by atoms with Gasteiger partial charge in [-0.25, -0.2) is 0 Å². The molecule has 92 valence electrons. The van der Waals surface area contributed by atoms with Crippen LogP contribution in [0.2, 0.25) is 0 Å². The highest BCUT2D eigenvalue weighted by molar-refractivity contribution is 5.97. The molecule has 0 saturated carbocycles. The minimum atomic E-state index is -0.822. The number of aliphatic carboxylic acids is 1. The molecular weight excluding hydrogens is 216 g/mol. The zero-order valence-electron chi connectivity index (χ0n) is 10.2. The third kappa shape index (κ3) is 4.36. The minimum Gasteiger partial charge on any atom is -0.480 e. The van der Waals surface area contributed by atoms with Gasteiger partial charge in [0.1, 0.15) is 0 Å². The summed E-state index contributed by atoms with van der Waals surface area (Å²) in [6.45, 7) is 2.59. The zero-order valence-corrected chi connectivity index (χ0v) is 10.2. The van der Waals surface area contributed by atoms with Gasteiger partial charge in [0.25, 0.3) is 0 Å². The summed E-state index contributed by atoms with van der Waals surface area (Å²) in [5, 5.41) is 16.3. The summed E-state index contributed by atoms with van der Waals surface area (Å²) in [4.78, 5) is 12.3. The maximum Gasteiger partial charge on any atom is 0.317 e. The first-order valence-electron chi connectivity index (χ1n) is 5.60. The molecule has 0 heterocycles. The third-order valence-electron chi connectivity index (χ3n) is 2.51. The molecule has 1 aromatic rings. The molecule has 0 aliphatic carbocycles. The summed E-state index contributed by atoms with van der Waals surface area (Å²) < 4.78 is 0. The van der Waals surface area contributed by atoms with Crippen LogP contribution in [0.5, 0.6) is 0 Å². The number of carboxylic acid groups (broad SMARTS) is 1. The molecule has 0 atom stereocenters. The van der Waals surface area contributed by atoms with Crippen molar-refractivity contribution in [2.45, 2.75) is 19.9 Å². The van der Waals surface area contributed by atoms with Crippen LogP contribution < -0.4 is 0 Å². The summed E-state index contributed by atoms with van der Waals surface area (Å²) in [7, 11) is 1.77. The number of nitrogens with one attached hydrogen (secondary N) is 1. The van der Waals surface area contributed by atoms with Gasteiger partial charge in [-0.3, -0.25) is 9.69 Å². The number of benzene rings is 1. The molecule has 0 saturated heterocycles. The van der Waals surface area contributed by atoms with E-state index >= 15 is 0 Å². The molecular formula is C13H18N2O2. The first-order chi connectivity index (χ1) is 8.02. The van der Waals surface area contributed by atoms with E-state index in [0.717, 1.165) is 17.5 Å². The fourth-order valence-electron chi connectivity index (χ4n) is 1.61. The summed E-state index contributed by atoms with van der Waals surface area (Å²) in [5.41, 5.74) is 2.61. The van der Waals surface area contributed by atoms with Crippen molar-refractivity contribution in [3.63, 3.8) is 0 Å². The van der Waals surface area contributed by atoms with Crippen LogP contribution in [0, 0.1) is 5.41 Å². The highest BCUT2D eigenvalue weighted by Gasteiger charge is 2.05. The van der Waals surface area contributed by atoms with Crippen LogP contribution in [0.4, 0.5) is 0 Å². The topological polar surface area (TPSA) is 64.4 Å². The number of rotatable bonds is 6. The summed E-state index contributed by atoms with van der Waals surface area (Å²) in [6, 6.07) is 7.71. The second-order valence-corrected chi connectivity index (χ2v) is 4.10. The highest BCUT2D eigenvalue weighted by Crippen LogP contribution is 2.08. The number of hydrogen-bond acceptors (Lipinski definition) is 3. The molecule has 0 bridgehead atoms. The lowest BCUT2D eigenvalue weighted by Gasteiger charge is -2.14. The molecule has 2 N–H and O–H groups in total. The van der Waals surface area contributed by atoms with Crippen molar-refractivity contribution in [2.75, 3.05) is 13.6 Å². The fourth-order valence-corrected chi connectivity index (χ4v) is 1.61. The monoisotopic (exact) mass is 234 g/mol. The summed E-state index contributed by atoms with van der Waals surface area (Å²) in [6.07, 6.45) is 0.720. The molecule has 17 heavy (non-hydrogen) atoms. The first kappa shape index (κ1) is 13.4. The summed E-state index contributed by atoms with van der Waals surface area (Å²) >= 11 is 0. The van der Waals surface area contributed by atoms with Gasteiger partial charge in [-0.1, -0.05) is 31.2 Å². The van der Waals surface area contributed by atoms with Crippen LogP contribution >= 0.6 is 0 Å². The van der Waals surface area contributed by atoms with Crippen molar-refractivity contribution < 1.29 is 9.90 Å². The van der Waals surface area contributed by atoms with E-state index in [9.17, 15) is 4.79 Å². The van der Waals surface area contributed by atoms with Gasteiger partial charge in [-0.05, 0) is 24.6 Å². The Kier molecular flexibility index (Phi) is 4.84. The van der Waals surface area contributed by atoms with E-state index in [-0.39, 0.29) is 6.54 Å². The number of carboxylic acids is 1. The van der Waals surface area contributed by atoms with E-state index in [1.807, 2.05) is 31.2 Å².